The summed E-state index contributed by atoms with van der Waals surface area (Å²) in [7, 11) is 0. The summed E-state index contributed by atoms with van der Waals surface area (Å²) in [4.78, 5) is 30.8. The lowest BCUT2D eigenvalue weighted by Crippen LogP contribution is -2.40. The highest BCUT2D eigenvalue weighted by atomic mass is 35.5. The van der Waals surface area contributed by atoms with Gasteiger partial charge in [0.15, 0.2) is 0 Å². The van der Waals surface area contributed by atoms with Gasteiger partial charge < -0.3 is 10.1 Å². The largest absolute Gasteiger partial charge is 0.444 e. The van der Waals surface area contributed by atoms with Crippen LogP contribution in [0.25, 0.3) is 16.6 Å². The summed E-state index contributed by atoms with van der Waals surface area (Å²) in [5, 5.41) is 3.56. The van der Waals surface area contributed by atoms with Crippen LogP contribution in [-0.2, 0) is 4.74 Å². The number of fused-ring (bicyclic) bond motifs is 1. The number of hydrogen-bond acceptors (Lipinski definition) is 4. The van der Waals surface area contributed by atoms with Crippen molar-refractivity contribution in [2.45, 2.75) is 46.3 Å². The zero-order valence-corrected chi connectivity index (χ0v) is 18.5. The number of para-hydroxylation sites is 1. The third-order valence-electron chi connectivity index (χ3n) is 4.50. The van der Waals surface area contributed by atoms with E-state index in [1.54, 1.807) is 39.0 Å². The highest BCUT2D eigenvalue weighted by molar-refractivity contribution is 6.35. The molecule has 0 unspecified atom stereocenters. The van der Waals surface area contributed by atoms with Crippen LogP contribution in [0.2, 0.25) is 5.02 Å². The fourth-order valence-corrected chi connectivity index (χ4v) is 3.46. The Morgan fingerprint density at radius 1 is 1.10 bits per heavy atom. The molecule has 30 heavy (non-hydrogen) atoms. The third-order valence-corrected chi connectivity index (χ3v) is 4.82. The molecule has 1 atom stereocenters. The van der Waals surface area contributed by atoms with Crippen molar-refractivity contribution in [3.05, 3.63) is 69.7 Å². The van der Waals surface area contributed by atoms with Crippen LogP contribution >= 0.6 is 11.6 Å². The zero-order valence-electron chi connectivity index (χ0n) is 17.8. The molecule has 0 aliphatic heterocycles. The van der Waals surface area contributed by atoms with Gasteiger partial charge in [0, 0.05) is 0 Å². The molecule has 0 radical (unpaired) electrons. The molecule has 3 rings (SSSR count). The number of ether oxygens (including phenoxy) is 1. The summed E-state index contributed by atoms with van der Waals surface area (Å²) in [5.74, 6) is 0.359. The predicted molar refractivity (Wildman–Crippen MR) is 119 cm³/mol. The van der Waals surface area contributed by atoms with Gasteiger partial charge in [-0.3, -0.25) is 9.36 Å². The van der Waals surface area contributed by atoms with E-state index in [4.69, 9.17) is 21.3 Å². The maximum Gasteiger partial charge on any atom is 0.408 e. The van der Waals surface area contributed by atoms with E-state index < -0.39 is 17.7 Å². The van der Waals surface area contributed by atoms with E-state index in [0.29, 0.717) is 27.4 Å². The summed E-state index contributed by atoms with van der Waals surface area (Å²) in [6.07, 6.45) is -0.568. The van der Waals surface area contributed by atoms with Crippen molar-refractivity contribution in [2.24, 2.45) is 5.92 Å². The molecular weight excluding hydrogens is 402 g/mol. The van der Waals surface area contributed by atoms with Crippen LogP contribution in [0.1, 0.15) is 46.5 Å². The zero-order chi connectivity index (χ0) is 22.1. The average molecular weight is 428 g/mol. The number of alkyl carbamates (subject to hydrolysis) is 1. The first-order valence-corrected chi connectivity index (χ1v) is 10.2. The van der Waals surface area contributed by atoms with Crippen LogP contribution in [0.15, 0.2) is 53.3 Å². The Labute approximate surface area is 180 Å². The van der Waals surface area contributed by atoms with Gasteiger partial charge >= 0.3 is 6.09 Å². The summed E-state index contributed by atoms with van der Waals surface area (Å²) in [6.45, 7) is 9.30. The molecule has 1 N–H and O–H groups in total. The fourth-order valence-electron chi connectivity index (χ4n) is 3.21. The molecule has 3 aromatic rings. The van der Waals surface area contributed by atoms with E-state index in [-0.39, 0.29) is 11.5 Å². The van der Waals surface area contributed by atoms with Gasteiger partial charge in [-0.2, -0.15) is 0 Å². The highest BCUT2D eigenvalue weighted by Crippen LogP contribution is 2.26. The maximum atomic E-state index is 13.5. The van der Waals surface area contributed by atoms with Crippen LogP contribution in [0.5, 0.6) is 0 Å². The Morgan fingerprint density at radius 3 is 2.37 bits per heavy atom. The van der Waals surface area contributed by atoms with Gasteiger partial charge in [0.25, 0.3) is 5.56 Å². The minimum Gasteiger partial charge on any atom is -0.444 e. The minimum absolute atomic E-state index is 0.0592. The normalized spacial score (nSPS) is 12.8. The first-order valence-electron chi connectivity index (χ1n) is 9.84. The molecule has 0 aliphatic rings. The molecule has 0 fully saturated rings. The lowest BCUT2D eigenvalue weighted by atomic mass is 10.0. The number of amides is 1. The average Bonchev–Trinajstić information content (AvgIpc) is 2.65. The molecule has 2 aromatic carbocycles. The summed E-state index contributed by atoms with van der Waals surface area (Å²) in [6, 6.07) is 13.8. The van der Waals surface area contributed by atoms with E-state index >= 15 is 0 Å². The molecule has 0 bridgehead atoms. The second-order valence-electron chi connectivity index (χ2n) is 8.45. The summed E-state index contributed by atoms with van der Waals surface area (Å²) in [5.41, 5.74) is 0.188. The van der Waals surface area contributed by atoms with Crippen molar-refractivity contribution in [1.29, 1.82) is 0 Å². The van der Waals surface area contributed by atoms with Crippen molar-refractivity contribution in [1.82, 2.24) is 14.9 Å². The van der Waals surface area contributed by atoms with E-state index in [2.05, 4.69) is 5.32 Å². The van der Waals surface area contributed by atoms with Gasteiger partial charge in [-0.15, -0.1) is 0 Å². The minimum atomic E-state index is -0.644. The highest BCUT2D eigenvalue weighted by Gasteiger charge is 2.28. The van der Waals surface area contributed by atoms with E-state index in [9.17, 15) is 9.59 Å². The number of hydrogen-bond donors (Lipinski definition) is 1. The van der Waals surface area contributed by atoms with Crippen molar-refractivity contribution in [3.8, 4) is 5.69 Å². The Hall–Kier alpha value is -2.86. The Kier molecular flexibility index (Phi) is 6.17. The molecule has 0 saturated carbocycles. The second kappa shape index (κ2) is 8.48. The molecule has 0 aliphatic carbocycles. The molecule has 6 nitrogen and oxygen atoms in total. The summed E-state index contributed by atoms with van der Waals surface area (Å²) >= 11 is 6.33. The van der Waals surface area contributed by atoms with Gasteiger partial charge in [-0.1, -0.05) is 49.7 Å². The molecule has 0 spiro atoms. The van der Waals surface area contributed by atoms with E-state index in [1.165, 1.54) is 4.57 Å². The van der Waals surface area contributed by atoms with Crippen LogP contribution in [0.4, 0.5) is 4.79 Å². The van der Waals surface area contributed by atoms with Gasteiger partial charge in [0.2, 0.25) is 0 Å². The van der Waals surface area contributed by atoms with Crippen molar-refractivity contribution in [2.75, 3.05) is 0 Å². The van der Waals surface area contributed by atoms with Crippen molar-refractivity contribution >= 4 is 28.6 Å². The first-order chi connectivity index (χ1) is 14.1. The van der Waals surface area contributed by atoms with Crippen LogP contribution in [0.3, 0.4) is 0 Å². The fraction of sp³-hybridized carbons (Fsp3) is 0.348. The maximum absolute atomic E-state index is 13.5. The number of nitrogens with zero attached hydrogens (tertiary/aromatic N) is 2. The van der Waals surface area contributed by atoms with Gasteiger partial charge in [0.1, 0.15) is 11.4 Å². The van der Waals surface area contributed by atoms with Gasteiger partial charge in [-0.25, -0.2) is 9.78 Å². The van der Waals surface area contributed by atoms with Gasteiger partial charge in [0.05, 0.1) is 27.7 Å². The van der Waals surface area contributed by atoms with Crippen molar-refractivity contribution < 1.29 is 9.53 Å². The molecule has 1 amide bonds. The molecule has 7 heteroatoms. The number of nitrogens with one attached hydrogen (secondary N) is 1. The molecule has 0 saturated heterocycles. The third kappa shape index (κ3) is 4.65. The molecular formula is C23H26ClN3O3. The monoisotopic (exact) mass is 427 g/mol. The standard InChI is InChI=1S/C23H26ClN3O3/c1-14(2)19(26-22(29)30-23(3,4)5)20-25-17-13-9-12-16(24)18(17)21(28)27(20)15-10-7-6-8-11-15/h6-14,19H,1-5H3,(H,26,29)/t19-/m0/s1. The molecule has 1 heterocycles. The van der Waals surface area contributed by atoms with Crippen LogP contribution < -0.4 is 10.9 Å². The quantitative estimate of drug-likeness (QED) is 0.616. The SMILES string of the molecule is CC(C)[C@H](NC(=O)OC(C)(C)C)c1nc2cccc(Cl)c2c(=O)n1-c1ccccc1. The Balaban J connectivity index is 2.24. The van der Waals surface area contributed by atoms with Gasteiger partial charge in [-0.05, 0) is 51.0 Å². The second-order valence-corrected chi connectivity index (χ2v) is 8.86. The number of benzene rings is 2. The van der Waals surface area contributed by atoms with Crippen molar-refractivity contribution in [3.63, 3.8) is 0 Å². The Bertz CT molecular complexity index is 1120. The number of rotatable bonds is 4. The Morgan fingerprint density at radius 2 is 1.77 bits per heavy atom. The van der Waals surface area contributed by atoms with E-state index in [1.807, 2.05) is 44.2 Å². The number of halogens is 1. The lowest BCUT2D eigenvalue weighted by Gasteiger charge is -2.27. The predicted octanol–water partition coefficient (Wildman–Crippen LogP) is 5.26. The number of carbonyl (C=O) groups is 1. The van der Waals surface area contributed by atoms with Crippen LogP contribution in [-0.4, -0.2) is 21.2 Å². The lowest BCUT2D eigenvalue weighted by molar-refractivity contribution is 0.0485. The topological polar surface area (TPSA) is 73.2 Å². The number of aromatic nitrogens is 2. The molecule has 158 valence electrons. The first kappa shape index (κ1) is 21.8. The number of carbonyl (C=O) groups excluding carboxylic acids is 1. The van der Waals surface area contributed by atoms with E-state index in [0.717, 1.165) is 0 Å². The van der Waals surface area contributed by atoms with Crippen LogP contribution in [0, 0.1) is 5.92 Å². The summed E-state index contributed by atoms with van der Waals surface area (Å²) < 4.78 is 6.95. The molecule has 1 aromatic heterocycles. The smallest absolute Gasteiger partial charge is 0.408 e.